The van der Waals surface area contributed by atoms with Crippen LogP contribution in [-0.2, 0) is 25.9 Å². The van der Waals surface area contributed by atoms with E-state index in [0.29, 0.717) is 17.0 Å². The Morgan fingerprint density at radius 3 is 2.41 bits per heavy atom. The van der Waals surface area contributed by atoms with Crippen LogP contribution in [0.15, 0.2) is 47.4 Å². The van der Waals surface area contributed by atoms with Crippen molar-refractivity contribution in [3.05, 3.63) is 58.6 Å². The van der Waals surface area contributed by atoms with E-state index in [1.54, 1.807) is 45.0 Å². The van der Waals surface area contributed by atoms with Gasteiger partial charge in [-0.1, -0.05) is 23.7 Å². The number of hydrogen-bond donors (Lipinski definition) is 1. The maximum absolute atomic E-state index is 13.7. The van der Waals surface area contributed by atoms with Crippen molar-refractivity contribution >= 4 is 44.9 Å². The van der Waals surface area contributed by atoms with Gasteiger partial charge in [-0.15, -0.1) is 0 Å². The predicted octanol–water partition coefficient (Wildman–Crippen LogP) is 4.48. The first kappa shape index (κ1) is 27.1. The van der Waals surface area contributed by atoms with Gasteiger partial charge in [0.1, 0.15) is 17.8 Å². The number of alkyl halides is 1. The summed E-state index contributed by atoms with van der Waals surface area (Å²) in [5.41, 5.74) is -0.0145. The number of hydrogen-bond acceptors (Lipinski definition) is 6. The summed E-state index contributed by atoms with van der Waals surface area (Å²) in [7, 11) is -4.07. The fraction of sp³-hybridized carbons (Fsp3) is 0.423. The summed E-state index contributed by atoms with van der Waals surface area (Å²) < 4.78 is 45.3. The molecule has 1 aliphatic carbocycles. The predicted molar refractivity (Wildman–Crippen MR) is 136 cm³/mol. The van der Waals surface area contributed by atoms with Crippen LogP contribution in [0.5, 0.6) is 0 Å². The van der Waals surface area contributed by atoms with E-state index in [4.69, 9.17) is 16.3 Å². The van der Waals surface area contributed by atoms with Crippen LogP contribution in [0.2, 0.25) is 5.02 Å². The number of carbonyl (C=O) groups excluding carboxylic acids is 3. The van der Waals surface area contributed by atoms with E-state index in [1.165, 1.54) is 23.1 Å². The van der Waals surface area contributed by atoms with Gasteiger partial charge in [-0.2, -0.15) is 0 Å². The molecular weight excluding hydrogens is 523 g/mol. The Bertz CT molecular complexity index is 1340. The SMILES string of the molecule is CC(C)(C)OC(=O)N[C@H]1CS(=O)(=O)c2ccc(C(=O)C[C@@H]3C[C@@H]3F)cc2N(Cc2ccc(Cl)cc2)C1=O. The van der Waals surface area contributed by atoms with Gasteiger partial charge in [-0.3, -0.25) is 9.59 Å². The van der Waals surface area contributed by atoms with Crippen molar-refractivity contribution in [1.82, 2.24) is 5.32 Å². The molecule has 1 saturated carbocycles. The standard InChI is InChI=1S/C26H28ClFN2O6S/c1-26(2,3)36-25(33)29-20-14-37(34,35)23-9-6-16(22(31)12-17-10-19(17)28)11-21(23)30(24(20)32)13-15-4-7-18(27)8-5-15/h4-9,11,17,19-20H,10,12-14H2,1-3H3,(H,29,33)/t17-,19-,20-/m0/s1. The van der Waals surface area contributed by atoms with Gasteiger partial charge in [-0.05, 0) is 63.1 Å². The normalized spacial score (nSPS) is 22.6. The van der Waals surface area contributed by atoms with Crippen LogP contribution in [0.3, 0.4) is 0 Å². The Balaban J connectivity index is 1.74. The Morgan fingerprint density at radius 1 is 1.16 bits per heavy atom. The van der Waals surface area contributed by atoms with Gasteiger partial charge in [0.15, 0.2) is 15.6 Å². The van der Waals surface area contributed by atoms with Gasteiger partial charge in [0, 0.05) is 22.9 Å². The molecule has 2 amide bonds. The zero-order valence-corrected chi connectivity index (χ0v) is 22.2. The van der Waals surface area contributed by atoms with Crippen molar-refractivity contribution in [1.29, 1.82) is 0 Å². The molecule has 1 fully saturated rings. The molecule has 0 spiro atoms. The number of Topliss-reactive ketones (excluding diaryl/α,β-unsaturated/α-hetero) is 1. The van der Waals surface area contributed by atoms with Crippen LogP contribution < -0.4 is 10.2 Å². The van der Waals surface area contributed by atoms with E-state index in [-0.39, 0.29) is 40.8 Å². The van der Waals surface area contributed by atoms with E-state index in [9.17, 15) is 27.2 Å². The molecule has 2 aliphatic rings. The average molecular weight is 551 g/mol. The fourth-order valence-corrected chi connectivity index (χ4v) is 5.85. The second-order valence-corrected chi connectivity index (χ2v) is 12.8. The second kappa shape index (κ2) is 10.1. The molecule has 198 valence electrons. The van der Waals surface area contributed by atoms with Crippen molar-refractivity contribution in [3.8, 4) is 0 Å². The largest absolute Gasteiger partial charge is 0.444 e. The van der Waals surface area contributed by atoms with Crippen LogP contribution >= 0.6 is 11.6 Å². The number of rotatable bonds is 6. The van der Waals surface area contributed by atoms with Gasteiger partial charge in [-0.25, -0.2) is 17.6 Å². The molecule has 1 heterocycles. The van der Waals surface area contributed by atoms with E-state index in [1.807, 2.05) is 0 Å². The number of sulfone groups is 1. The number of nitrogens with zero attached hydrogens (tertiary/aromatic N) is 1. The second-order valence-electron chi connectivity index (χ2n) is 10.4. The van der Waals surface area contributed by atoms with Gasteiger partial charge in [0.05, 0.1) is 22.9 Å². The fourth-order valence-electron chi connectivity index (χ4n) is 4.12. The first-order valence-corrected chi connectivity index (χ1v) is 13.9. The molecule has 1 aliphatic heterocycles. The Kier molecular flexibility index (Phi) is 7.36. The molecule has 8 nitrogen and oxygen atoms in total. The molecule has 4 rings (SSSR count). The number of benzene rings is 2. The molecule has 0 aromatic heterocycles. The van der Waals surface area contributed by atoms with Crippen molar-refractivity contribution in [2.45, 2.75) is 62.9 Å². The number of ether oxygens (including phenoxy) is 1. The van der Waals surface area contributed by atoms with Crippen molar-refractivity contribution in [2.24, 2.45) is 5.92 Å². The molecule has 2 aromatic carbocycles. The number of alkyl carbamates (subject to hydrolysis) is 1. The minimum Gasteiger partial charge on any atom is -0.444 e. The molecule has 0 bridgehead atoms. The number of halogens is 2. The highest BCUT2D eigenvalue weighted by molar-refractivity contribution is 7.91. The first-order chi connectivity index (χ1) is 17.2. The average Bonchev–Trinajstić information content (AvgIpc) is 3.50. The summed E-state index contributed by atoms with van der Waals surface area (Å²) >= 11 is 5.99. The van der Waals surface area contributed by atoms with Gasteiger partial charge in [0.25, 0.3) is 5.91 Å². The number of carbonyl (C=O) groups is 3. The number of amides is 2. The van der Waals surface area contributed by atoms with Crippen molar-refractivity contribution < 1.29 is 31.9 Å². The Hall–Kier alpha value is -2.98. The summed E-state index contributed by atoms with van der Waals surface area (Å²) in [5, 5.41) is 2.88. The Morgan fingerprint density at radius 2 is 1.81 bits per heavy atom. The van der Waals surface area contributed by atoms with Gasteiger partial charge >= 0.3 is 6.09 Å². The van der Waals surface area contributed by atoms with Crippen molar-refractivity contribution in [3.63, 3.8) is 0 Å². The molecule has 0 unspecified atom stereocenters. The van der Waals surface area contributed by atoms with Gasteiger partial charge in [0.2, 0.25) is 0 Å². The maximum atomic E-state index is 13.7. The Labute approximate surface area is 220 Å². The van der Waals surface area contributed by atoms with Crippen LogP contribution in [0.4, 0.5) is 14.9 Å². The summed E-state index contributed by atoms with van der Waals surface area (Å²) in [5.74, 6) is -2.05. The molecule has 3 atom stereocenters. The van der Waals surface area contributed by atoms with Crippen LogP contribution in [0.1, 0.15) is 49.5 Å². The number of fused-ring (bicyclic) bond motifs is 1. The maximum Gasteiger partial charge on any atom is 0.408 e. The molecule has 11 heteroatoms. The minimum atomic E-state index is -4.07. The monoisotopic (exact) mass is 550 g/mol. The third-order valence-corrected chi connectivity index (χ3v) is 8.13. The molecule has 2 aromatic rings. The lowest BCUT2D eigenvalue weighted by atomic mass is 10.0. The molecule has 37 heavy (non-hydrogen) atoms. The summed E-state index contributed by atoms with van der Waals surface area (Å²) in [6.07, 6.45) is -1.61. The van der Waals surface area contributed by atoms with Gasteiger partial charge < -0.3 is 15.0 Å². The summed E-state index contributed by atoms with van der Waals surface area (Å²) in [4.78, 5) is 40.1. The minimum absolute atomic E-state index is 0.000653. The number of ketones is 1. The van der Waals surface area contributed by atoms with Crippen LogP contribution in [0.25, 0.3) is 0 Å². The third-order valence-electron chi connectivity index (χ3n) is 6.09. The van der Waals surface area contributed by atoms with E-state index in [0.717, 1.165) is 0 Å². The zero-order valence-electron chi connectivity index (χ0n) is 20.7. The highest BCUT2D eigenvalue weighted by atomic mass is 35.5. The van der Waals surface area contributed by atoms with E-state index < -0.39 is 45.4 Å². The highest BCUT2D eigenvalue weighted by Gasteiger charge is 2.41. The first-order valence-electron chi connectivity index (χ1n) is 11.8. The lowest BCUT2D eigenvalue weighted by Crippen LogP contribution is -2.51. The quantitative estimate of drug-likeness (QED) is 0.531. The lowest BCUT2D eigenvalue weighted by Gasteiger charge is -2.27. The topological polar surface area (TPSA) is 110 Å². The number of nitrogens with one attached hydrogen (secondary N) is 1. The smallest absolute Gasteiger partial charge is 0.408 e. The molecule has 0 radical (unpaired) electrons. The summed E-state index contributed by atoms with van der Waals surface area (Å²) in [6.45, 7) is 4.89. The molecule has 0 saturated heterocycles. The third kappa shape index (κ3) is 6.48. The molecule has 1 N–H and O–H groups in total. The van der Waals surface area contributed by atoms with E-state index in [2.05, 4.69) is 5.32 Å². The van der Waals surface area contributed by atoms with Crippen LogP contribution in [0, 0.1) is 5.92 Å². The summed E-state index contributed by atoms with van der Waals surface area (Å²) in [6, 6.07) is 9.23. The number of anilines is 1. The molecular formula is C26H28ClFN2O6S. The zero-order chi connectivity index (χ0) is 27.1. The van der Waals surface area contributed by atoms with E-state index >= 15 is 0 Å². The van der Waals surface area contributed by atoms with Crippen molar-refractivity contribution in [2.75, 3.05) is 10.7 Å². The highest BCUT2D eigenvalue weighted by Crippen LogP contribution is 2.39. The lowest BCUT2D eigenvalue weighted by molar-refractivity contribution is -0.120. The van der Waals surface area contributed by atoms with Crippen LogP contribution in [-0.4, -0.2) is 49.8 Å².